The van der Waals surface area contributed by atoms with Crippen LogP contribution in [0.25, 0.3) is 10.6 Å². The number of nitrogens with zero attached hydrogens (tertiary/aromatic N) is 2. The van der Waals surface area contributed by atoms with Crippen molar-refractivity contribution in [2.24, 2.45) is 0 Å². The average Bonchev–Trinajstić information content (AvgIpc) is 3.12. The minimum atomic E-state index is -0.0969. The highest BCUT2D eigenvalue weighted by Gasteiger charge is 2.14. The number of hydrogen-bond acceptors (Lipinski definition) is 6. The third-order valence-corrected chi connectivity index (χ3v) is 4.93. The summed E-state index contributed by atoms with van der Waals surface area (Å²) in [5.41, 5.74) is 2.04. The van der Waals surface area contributed by atoms with Crippen molar-refractivity contribution in [3.63, 3.8) is 0 Å². The van der Waals surface area contributed by atoms with E-state index in [-0.39, 0.29) is 18.6 Å². The molecule has 6 nitrogen and oxygen atoms in total. The van der Waals surface area contributed by atoms with Crippen LogP contribution in [0.15, 0.2) is 29.9 Å². The van der Waals surface area contributed by atoms with E-state index in [9.17, 15) is 4.79 Å². The number of carbonyl (C=O) groups excluding carboxylic acids is 1. The van der Waals surface area contributed by atoms with Gasteiger partial charge in [0.05, 0.1) is 18.4 Å². The van der Waals surface area contributed by atoms with Gasteiger partial charge in [-0.1, -0.05) is 0 Å². The summed E-state index contributed by atoms with van der Waals surface area (Å²) in [6.07, 6.45) is 7.68. The van der Waals surface area contributed by atoms with Gasteiger partial charge in [-0.3, -0.25) is 9.78 Å². The zero-order chi connectivity index (χ0) is 17.3. The van der Waals surface area contributed by atoms with Crippen LogP contribution in [0.4, 0.5) is 0 Å². The van der Waals surface area contributed by atoms with Crippen molar-refractivity contribution < 1.29 is 14.3 Å². The molecule has 1 aliphatic rings. The Labute approximate surface area is 151 Å². The molecule has 1 saturated heterocycles. The van der Waals surface area contributed by atoms with Gasteiger partial charge >= 0.3 is 0 Å². The van der Waals surface area contributed by atoms with Crippen LogP contribution in [0.3, 0.4) is 0 Å². The van der Waals surface area contributed by atoms with Crippen LogP contribution in [0.2, 0.25) is 0 Å². The van der Waals surface area contributed by atoms with Gasteiger partial charge in [-0.25, -0.2) is 4.98 Å². The Bertz CT molecular complexity index is 657. The Morgan fingerprint density at radius 2 is 2.24 bits per heavy atom. The molecule has 0 spiro atoms. The first-order valence-corrected chi connectivity index (χ1v) is 9.50. The predicted molar refractivity (Wildman–Crippen MR) is 96.5 cm³/mol. The number of thiazole rings is 1. The quantitative estimate of drug-likeness (QED) is 0.782. The van der Waals surface area contributed by atoms with Gasteiger partial charge in [-0.15, -0.1) is 11.3 Å². The van der Waals surface area contributed by atoms with Crippen molar-refractivity contribution in [2.75, 3.05) is 26.4 Å². The molecule has 0 unspecified atom stereocenters. The highest BCUT2D eigenvalue weighted by Crippen LogP contribution is 2.22. The van der Waals surface area contributed by atoms with Crippen molar-refractivity contribution in [2.45, 2.75) is 31.8 Å². The summed E-state index contributed by atoms with van der Waals surface area (Å²) in [6, 6.07) is 3.88. The lowest BCUT2D eigenvalue weighted by Crippen LogP contribution is -2.32. The van der Waals surface area contributed by atoms with Crippen molar-refractivity contribution in [3.05, 3.63) is 35.6 Å². The first-order valence-electron chi connectivity index (χ1n) is 8.62. The maximum absolute atomic E-state index is 11.8. The average molecular weight is 361 g/mol. The van der Waals surface area contributed by atoms with E-state index < -0.39 is 0 Å². The van der Waals surface area contributed by atoms with E-state index in [0.717, 1.165) is 35.7 Å². The van der Waals surface area contributed by atoms with Crippen LogP contribution in [0.5, 0.6) is 0 Å². The van der Waals surface area contributed by atoms with Crippen LogP contribution in [0.1, 0.15) is 25.0 Å². The predicted octanol–water partition coefficient (Wildman–Crippen LogP) is 2.45. The second-order valence-electron chi connectivity index (χ2n) is 5.98. The molecule has 1 atom stereocenters. The molecule has 2 aromatic rings. The van der Waals surface area contributed by atoms with Crippen LogP contribution < -0.4 is 5.32 Å². The molecule has 1 N–H and O–H groups in total. The molecular formula is C18H23N3O3S. The molecular weight excluding hydrogens is 338 g/mol. The maximum Gasteiger partial charge on any atom is 0.246 e. The molecule has 1 amide bonds. The van der Waals surface area contributed by atoms with Crippen molar-refractivity contribution in [1.82, 2.24) is 15.3 Å². The fourth-order valence-electron chi connectivity index (χ4n) is 2.65. The van der Waals surface area contributed by atoms with Gasteiger partial charge in [-0.05, 0) is 31.4 Å². The van der Waals surface area contributed by atoms with E-state index in [2.05, 4.69) is 15.3 Å². The molecule has 25 heavy (non-hydrogen) atoms. The smallest absolute Gasteiger partial charge is 0.246 e. The number of rotatable bonds is 8. The summed E-state index contributed by atoms with van der Waals surface area (Å²) in [7, 11) is 0. The number of aromatic nitrogens is 2. The zero-order valence-electron chi connectivity index (χ0n) is 14.1. The van der Waals surface area contributed by atoms with Crippen molar-refractivity contribution >= 4 is 17.2 Å². The summed E-state index contributed by atoms with van der Waals surface area (Å²) in [5, 5.41) is 5.87. The van der Waals surface area contributed by atoms with Crippen molar-refractivity contribution in [3.8, 4) is 10.6 Å². The minimum absolute atomic E-state index is 0.0825. The SMILES string of the molecule is O=C(COC[C@H]1CCCCO1)NCCc1csc(-c2ccncc2)n1. The number of pyridine rings is 1. The third kappa shape index (κ3) is 5.88. The standard InChI is InChI=1S/C18H23N3O3S/c22-17(12-23-11-16-3-1-2-10-24-16)20-9-6-15-13-25-18(21-15)14-4-7-19-8-5-14/h4-5,7-8,13,16H,1-3,6,9-12H2,(H,20,22)/t16-/m1/s1. The van der Waals surface area contributed by atoms with E-state index in [4.69, 9.17) is 9.47 Å². The fourth-order valence-corrected chi connectivity index (χ4v) is 3.51. The molecule has 1 aliphatic heterocycles. The number of amides is 1. The van der Waals surface area contributed by atoms with Crippen LogP contribution in [0, 0.1) is 0 Å². The Morgan fingerprint density at radius 3 is 3.04 bits per heavy atom. The van der Waals surface area contributed by atoms with E-state index in [1.54, 1.807) is 23.7 Å². The molecule has 0 saturated carbocycles. The van der Waals surface area contributed by atoms with Gasteiger partial charge in [0.2, 0.25) is 5.91 Å². The van der Waals surface area contributed by atoms with E-state index in [1.165, 1.54) is 6.42 Å². The molecule has 0 aromatic carbocycles. The molecule has 0 aliphatic carbocycles. The fraction of sp³-hybridized carbons (Fsp3) is 0.500. The Kier molecular flexibility index (Phi) is 6.90. The lowest BCUT2D eigenvalue weighted by atomic mass is 10.1. The summed E-state index contributed by atoms with van der Waals surface area (Å²) in [4.78, 5) is 20.4. The van der Waals surface area contributed by atoms with Crippen LogP contribution >= 0.6 is 11.3 Å². The van der Waals surface area contributed by atoms with Gasteiger partial charge in [0, 0.05) is 42.9 Å². The summed E-state index contributed by atoms with van der Waals surface area (Å²) in [6.45, 7) is 1.94. The van der Waals surface area contributed by atoms with E-state index in [1.807, 2.05) is 17.5 Å². The van der Waals surface area contributed by atoms with Gasteiger partial charge in [0.15, 0.2) is 0 Å². The number of hydrogen-bond donors (Lipinski definition) is 1. The topological polar surface area (TPSA) is 73.3 Å². The van der Waals surface area contributed by atoms with E-state index >= 15 is 0 Å². The third-order valence-electron chi connectivity index (χ3n) is 3.99. The summed E-state index contributed by atoms with van der Waals surface area (Å²) >= 11 is 1.60. The normalized spacial score (nSPS) is 17.4. The Balaban J connectivity index is 1.32. The Hall–Kier alpha value is -1.83. The molecule has 0 radical (unpaired) electrons. The Morgan fingerprint density at radius 1 is 1.36 bits per heavy atom. The summed E-state index contributed by atoms with van der Waals surface area (Å²) < 4.78 is 11.0. The van der Waals surface area contributed by atoms with Gasteiger partial charge in [0.1, 0.15) is 11.6 Å². The molecule has 3 rings (SSSR count). The molecule has 2 aromatic heterocycles. The first kappa shape index (κ1) is 18.0. The summed E-state index contributed by atoms with van der Waals surface area (Å²) in [5.74, 6) is -0.0969. The molecule has 0 bridgehead atoms. The zero-order valence-corrected chi connectivity index (χ0v) is 15.0. The molecule has 134 valence electrons. The largest absolute Gasteiger partial charge is 0.376 e. The lowest BCUT2D eigenvalue weighted by molar-refractivity contribution is -0.127. The number of carbonyl (C=O) groups is 1. The van der Waals surface area contributed by atoms with Crippen molar-refractivity contribution in [1.29, 1.82) is 0 Å². The lowest BCUT2D eigenvalue weighted by Gasteiger charge is -2.22. The van der Waals surface area contributed by atoms with Gasteiger partial charge < -0.3 is 14.8 Å². The first-order chi connectivity index (χ1) is 12.3. The van der Waals surface area contributed by atoms with Crippen LogP contribution in [-0.2, 0) is 20.7 Å². The van der Waals surface area contributed by atoms with Gasteiger partial charge in [-0.2, -0.15) is 0 Å². The molecule has 1 fully saturated rings. The highest BCUT2D eigenvalue weighted by molar-refractivity contribution is 7.13. The van der Waals surface area contributed by atoms with Crippen LogP contribution in [-0.4, -0.2) is 48.3 Å². The van der Waals surface area contributed by atoms with E-state index in [0.29, 0.717) is 19.6 Å². The van der Waals surface area contributed by atoms with Gasteiger partial charge in [0.25, 0.3) is 0 Å². The monoisotopic (exact) mass is 361 g/mol. The number of ether oxygens (including phenoxy) is 2. The maximum atomic E-state index is 11.8. The second kappa shape index (κ2) is 9.60. The molecule has 7 heteroatoms. The number of nitrogens with one attached hydrogen (secondary N) is 1. The minimum Gasteiger partial charge on any atom is -0.376 e. The highest BCUT2D eigenvalue weighted by atomic mass is 32.1. The molecule has 3 heterocycles. The second-order valence-corrected chi connectivity index (χ2v) is 6.84.